The zero-order valence-electron chi connectivity index (χ0n) is 15.9. The van der Waals surface area contributed by atoms with Crippen molar-refractivity contribution in [2.75, 3.05) is 5.32 Å². The lowest BCUT2D eigenvalue weighted by Crippen LogP contribution is -2.25. The first-order valence-corrected chi connectivity index (χ1v) is 10.9. The van der Waals surface area contributed by atoms with Crippen LogP contribution in [0.1, 0.15) is 53.0 Å². The lowest BCUT2D eigenvalue weighted by atomic mass is 10.0. The summed E-state index contributed by atoms with van der Waals surface area (Å²) < 4.78 is 29.1. The standard InChI is InChI=1S/C19H18BrF2N5O2S/c1-8(6-27-7-10(20)5-24-27)18(29)26-14-13-11(9-2-3-9)4-12(16(21)22)25-19(13)30-15(14)17(23)28/h4-5,7-9,16H,2-3,6H2,1H3,(H2,23,28)(H,26,29). The van der Waals surface area contributed by atoms with E-state index in [0.29, 0.717) is 17.5 Å². The minimum Gasteiger partial charge on any atom is -0.365 e. The van der Waals surface area contributed by atoms with Crippen LogP contribution in [0.25, 0.3) is 10.2 Å². The molecule has 0 bridgehead atoms. The number of carbonyl (C=O) groups excluding carboxylic acids is 2. The highest BCUT2D eigenvalue weighted by molar-refractivity contribution is 9.10. The molecule has 1 fully saturated rings. The van der Waals surface area contributed by atoms with Gasteiger partial charge in [0.15, 0.2) is 0 Å². The molecule has 1 atom stereocenters. The van der Waals surface area contributed by atoms with E-state index < -0.39 is 18.3 Å². The van der Waals surface area contributed by atoms with Gasteiger partial charge in [0.2, 0.25) is 5.91 Å². The zero-order chi connectivity index (χ0) is 21.6. The molecule has 1 aliphatic rings. The Labute approximate surface area is 182 Å². The number of carbonyl (C=O) groups is 2. The number of hydrogen-bond acceptors (Lipinski definition) is 5. The highest BCUT2D eigenvalue weighted by Gasteiger charge is 2.32. The average Bonchev–Trinajstić information content (AvgIpc) is 3.36. The van der Waals surface area contributed by atoms with Crippen LogP contribution in [0.5, 0.6) is 0 Å². The highest BCUT2D eigenvalue weighted by Crippen LogP contribution is 2.48. The van der Waals surface area contributed by atoms with Gasteiger partial charge in [-0.3, -0.25) is 14.3 Å². The third-order valence-corrected chi connectivity index (χ3v) is 6.44. The van der Waals surface area contributed by atoms with Gasteiger partial charge in [0.05, 0.1) is 28.8 Å². The Bertz CT molecular complexity index is 1140. The van der Waals surface area contributed by atoms with Gasteiger partial charge in [0.25, 0.3) is 12.3 Å². The molecule has 1 unspecified atom stereocenters. The number of fused-ring (bicyclic) bond motifs is 1. The quantitative estimate of drug-likeness (QED) is 0.503. The van der Waals surface area contributed by atoms with Crippen LogP contribution < -0.4 is 11.1 Å². The Kier molecular flexibility index (Phi) is 5.58. The minimum absolute atomic E-state index is 0.105. The number of hydrogen-bond donors (Lipinski definition) is 2. The van der Waals surface area contributed by atoms with Crippen molar-refractivity contribution in [1.29, 1.82) is 0 Å². The molecule has 158 valence electrons. The lowest BCUT2D eigenvalue weighted by molar-refractivity contribution is -0.119. The molecule has 1 saturated carbocycles. The molecule has 1 aliphatic carbocycles. The van der Waals surface area contributed by atoms with E-state index >= 15 is 0 Å². The molecular weight excluding hydrogens is 480 g/mol. The van der Waals surface area contributed by atoms with Crippen LogP contribution in [0.15, 0.2) is 22.9 Å². The number of nitrogens with zero attached hydrogens (tertiary/aromatic N) is 3. The number of pyridine rings is 1. The Morgan fingerprint density at radius 2 is 2.17 bits per heavy atom. The summed E-state index contributed by atoms with van der Waals surface area (Å²) in [7, 11) is 0. The van der Waals surface area contributed by atoms with Crippen molar-refractivity contribution in [3.8, 4) is 0 Å². The number of nitrogens with two attached hydrogens (primary N) is 1. The number of thiophene rings is 1. The zero-order valence-corrected chi connectivity index (χ0v) is 18.3. The molecule has 3 heterocycles. The van der Waals surface area contributed by atoms with Crippen molar-refractivity contribution < 1.29 is 18.4 Å². The van der Waals surface area contributed by atoms with Crippen LogP contribution >= 0.6 is 27.3 Å². The van der Waals surface area contributed by atoms with Crippen LogP contribution in [-0.4, -0.2) is 26.6 Å². The van der Waals surface area contributed by atoms with Gasteiger partial charge in [-0.05, 0) is 46.3 Å². The minimum atomic E-state index is -2.72. The maximum atomic E-state index is 13.3. The van der Waals surface area contributed by atoms with E-state index in [9.17, 15) is 18.4 Å². The van der Waals surface area contributed by atoms with E-state index in [1.165, 1.54) is 6.07 Å². The third kappa shape index (κ3) is 4.08. The van der Waals surface area contributed by atoms with Crippen LogP contribution in [0, 0.1) is 5.92 Å². The average molecular weight is 498 g/mol. The number of aromatic nitrogens is 3. The van der Waals surface area contributed by atoms with E-state index in [4.69, 9.17) is 5.73 Å². The fraction of sp³-hybridized carbons (Fsp3) is 0.368. The van der Waals surface area contributed by atoms with Crippen LogP contribution in [-0.2, 0) is 11.3 Å². The van der Waals surface area contributed by atoms with Crippen molar-refractivity contribution in [2.45, 2.75) is 38.7 Å². The number of primary amides is 1. The third-order valence-electron chi connectivity index (χ3n) is 4.94. The molecule has 0 radical (unpaired) electrons. The van der Waals surface area contributed by atoms with Crippen LogP contribution in [0.2, 0.25) is 0 Å². The maximum absolute atomic E-state index is 13.3. The van der Waals surface area contributed by atoms with E-state index in [0.717, 1.165) is 28.7 Å². The van der Waals surface area contributed by atoms with Gasteiger partial charge in [-0.15, -0.1) is 11.3 Å². The van der Waals surface area contributed by atoms with E-state index in [2.05, 4.69) is 31.3 Å². The van der Waals surface area contributed by atoms with E-state index in [-0.39, 0.29) is 32.9 Å². The monoisotopic (exact) mass is 497 g/mol. The Balaban J connectivity index is 1.72. The Morgan fingerprint density at radius 3 is 2.73 bits per heavy atom. The van der Waals surface area contributed by atoms with E-state index in [1.54, 1.807) is 24.0 Å². The molecule has 0 aromatic carbocycles. The largest absolute Gasteiger partial charge is 0.365 e. The summed E-state index contributed by atoms with van der Waals surface area (Å²) in [4.78, 5) is 29.3. The summed E-state index contributed by atoms with van der Waals surface area (Å²) >= 11 is 4.24. The number of amides is 2. The SMILES string of the molecule is CC(Cn1cc(Br)cn1)C(=O)Nc1c(C(N)=O)sc2nc(C(F)F)cc(C3CC3)c12. The molecular formula is C19H18BrF2N5O2S. The topological polar surface area (TPSA) is 103 Å². The molecule has 7 nitrogen and oxygen atoms in total. The molecule has 4 rings (SSSR count). The van der Waals surface area contributed by atoms with Crippen molar-refractivity contribution >= 4 is 55.0 Å². The summed E-state index contributed by atoms with van der Waals surface area (Å²) in [5.74, 6) is -1.43. The summed E-state index contributed by atoms with van der Waals surface area (Å²) in [5.41, 5.74) is 6.12. The number of anilines is 1. The van der Waals surface area contributed by atoms with Crippen molar-refractivity contribution in [2.24, 2.45) is 11.7 Å². The molecule has 30 heavy (non-hydrogen) atoms. The maximum Gasteiger partial charge on any atom is 0.280 e. The second-order valence-electron chi connectivity index (χ2n) is 7.33. The molecule has 0 spiro atoms. The smallest absolute Gasteiger partial charge is 0.280 e. The van der Waals surface area contributed by atoms with Crippen molar-refractivity contribution in [1.82, 2.24) is 14.8 Å². The van der Waals surface area contributed by atoms with Gasteiger partial charge < -0.3 is 11.1 Å². The van der Waals surface area contributed by atoms with E-state index in [1.807, 2.05) is 0 Å². The van der Waals surface area contributed by atoms with Crippen LogP contribution in [0.4, 0.5) is 14.5 Å². The molecule has 0 saturated heterocycles. The summed E-state index contributed by atoms with van der Waals surface area (Å²) in [6, 6.07) is 1.38. The number of alkyl halides is 2. The van der Waals surface area contributed by atoms with Gasteiger partial charge in [0.1, 0.15) is 15.4 Å². The molecule has 11 heteroatoms. The molecule has 2 amide bonds. The summed E-state index contributed by atoms with van der Waals surface area (Å²) in [6.07, 6.45) is 2.37. The number of halogens is 3. The lowest BCUT2D eigenvalue weighted by Gasteiger charge is -2.14. The predicted molar refractivity (Wildman–Crippen MR) is 113 cm³/mol. The van der Waals surface area contributed by atoms with Gasteiger partial charge in [-0.1, -0.05) is 6.92 Å². The van der Waals surface area contributed by atoms with Gasteiger partial charge in [-0.25, -0.2) is 13.8 Å². The fourth-order valence-electron chi connectivity index (χ4n) is 3.32. The fourth-order valence-corrected chi connectivity index (χ4v) is 4.67. The second-order valence-corrected chi connectivity index (χ2v) is 9.25. The number of rotatable bonds is 7. The normalized spacial score (nSPS) is 15.0. The molecule has 0 aliphatic heterocycles. The van der Waals surface area contributed by atoms with Crippen molar-refractivity contribution in [3.63, 3.8) is 0 Å². The summed E-state index contributed by atoms with van der Waals surface area (Å²) in [6.45, 7) is 2.06. The van der Waals surface area contributed by atoms with Gasteiger partial charge in [-0.2, -0.15) is 5.10 Å². The van der Waals surface area contributed by atoms with Crippen LogP contribution in [0.3, 0.4) is 0 Å². The first-order valence-electron chi connectivity index (χ1n) is 9.28. The Hall–Kier alpha value is -2.40. The molecule has 3 aromatic rings. The highest BCUT2D eigenvalue weighted by atomic mass is 79.9. The number of nitrogens with one attached hydrogen (secondary N) is 1. The van der Waals surface area contributed by atoms with Gasteiger partial charge >= 0.3 is 0 Å². The Morgan fingerprint density at radius 1 is 1.43 bits per heavy atom. The predicted octanol–water partition coefficient (Wildman–Crippen LogP) is 4.44. The molecule has 3 aromatic heterocycles. The first-order chi connectivity index (χ1) is 14.2. The second kappa shape index (κ2) is 8.03. The first kappa shape index (κ1) is 20.9. The van der Waals surface area contributed by atoms with Gasteiger partial charge in [0, 0.05) is 11.6 Å². The van der Waals surface area contributed by atoms with Crippen molar-refractivity contribution in [3.05, 3.63) is 39.1 Å². The summed E-state index contributed by atoms with van der Waals surface area (Å²) in [5, 5.41) is 7.47. The molecule has 3 N–H and O–H groups in total.